The van der Waals surface area contributed by atoms with Gasteiger partial charge < -0.3 is 9.84 Å². The van der Waals surface area contributed by atoms with Gasteiger partial charge in [0.05, 0.1) is 10.5 Å². The molecule has 0 atom stereocenters. The van der Waals surface area contributed by atoms with Gasteiger partial charge in [-0.1, -0.05) is 36.4 Å². The number of benzene rings is 4. The summed E-state index contributed by atoms with van der Waals surface area (Å²) in [6, 6.07) is 25.2. The molecule has 0 spiro atoms. The number of anilines is 1. The average Bonchev–Trinajstić information content (AvgIpc) is 2.75. The van der Waals surface area contributed by atoms with Gasteiger partial charge >= 0.3 is 5.97 Å². The Morgan fingerprint density at radius 1 is 0.800 bits per heavy atom. The maximum Gasteiger partial charge on any atom is 0.335 e. The average molecular weight is 419 g/mol. The Kier molecular flexibility index (Phi) is 5.12. The molecule has 0 saturated carbocycles. The molecule has 0 heterocycles. The van der Waals surface area contributed by atoms with Gasteiger partial charge in [0.25, 0.3) is 10.0 Å². The molecule has 30 heavy (non-hydrogen) atoms. The van der Waals surface area contributed by atoms with Crippen molar-refractivity contribution in [3.8, 4) is 11.5 Å². The molecule has 2 N–H and O–H groups in total. The molecule has 0 fully saturated rings. The summed E-state index contributed by atoms with van der Waals surface area (Å²) in [5, 5.41) is 11.0. The van der Waals surface area contributed by atoms with E-state index in [0.717, 1.165) is 10.8 Å². The second-order valence-electron chi connectivity index (χ2n) is 6.54. The number of sulfonamides is 1. The number of nitrogens with one attached hydrogen (secondary N) is 1. The first-order chi connectivity index (χ1) is 14.4. The molecule has 4 aromatic rings. The van der Waals surface area contributed by atoms with Crippen molar-refractivity contribution in [1.82, 2.24) is 0 Å². The minimum Gasteiger partial charge on any atom is -0.478 e. The van der Waals surface area contributed by atoms with E-state index in [9.17, 15) is 13.2 Å². The number of fused-ring (bicyclic) bond motifs is 1. The molecule has 0 unspecified atom stereocenters. The molecule has 0 aliphatic rings. The summed E-state index contributed by atoms with van der Waals surface area (Å²) in [7, 11) is -3.84. The van der Waals surface area contributed by atoms with Crippen molar-refractivity contribution >= 4 is 32.5 Å². The molecule has 0 aliphatic carbocycles. The first kappa shape index (κ1) is 19.5. The normalized spacial score (nSPS) is 11.2. The van der Waals surface area contributed by atoms with Gasteiger partial charge in [-0.05, 0) is 60.0 Å². The molecule has 4 aromatic carbocycles. The third-order valence-corrected chi connectivity index (χ3v) is 5.89. The van der Waals surface area contributed by atoms with Crippen LogP contribution in [-0.2, 0) is 10.0 Å². The first-order valence-electron chi connectivity index (χ1n) is 9.04. The molecule has 0 radical (unpaired) electrons. The Morgan fingerprint density at radius 2 is 1.47 bits per heavy atom. The lowest BCUT2D eigenvalue weighted by atomic mass is 10.1. The lowest BCUT2D eigenvalue weighted by molar-refractivity contribution is 0.0696. The van der Waals surface area contributed by atoms with Crippen LogP contribution in [0.1, 0.15) is 10.4 Å². The summed E-state index contributed by atoms with van der Waals surface area (Å²) in [6.45, 7) is 0. The first-order valence-corrected chi connectivity index (χ1v) is 10.5. The van der Waals surface area contributed by atoms with Crippen molar-refractivity contribution in [3.05, 3.63) is 96.6 Å². The number of hydrogen-bond donors (Lipinski definition) is 2. The fourth-order valence-corrected chi connectivity index (χ4v) is 4.05. The second-order valence-corrected chi connectivity index (χ2v) is 8.22. The summed E-state index contributed by atoms with van der Waals surface area (Å²) in [6.07, 6.45) is 0. The van der Waals surface area contributed by atoms with Gasteiger partial charge in [0.15, 0.2) is 0 Å². The van der Waals surface area contributed by atoms with E-state index >= 15 is 0 Å². The standard InChI is InChI=1S/C23H17NO5S/c25-23(26)17-8-14-20(15-9-17)30(27,28)24-18-10-12-19(13-11-18)29-22-7-3-5-16-4-1-2-6-21(16)22/h1-15,24H,(H,25,26). The van der Waals surface area contributed by atoms with Gasteiger partial charge in [-0.25, -0.2) is 13.2 Å². The Morgan fingerprint density at radius 3 is 2.17 bits per heavy atom. The number of carbonyl (C=O) groups is 1. The fraction of sp³-hybridized carbons (Fsp3) is 0. The molecule has 4 rings (SSSR count). The smallest absolute Gasteiger partial charge is 0.335 e. The topological polar surface area (TPSA) is 92.7 Å². The quantitative estimate of drug-likeness (QED) is 0.452. The molecule has 0 aliphatic heterocycles. The van der Waals surface area contributed by atoms with Crippen LogP contribution in [0.5, 0.6) is 11.5 Å². The molecule has 0 amide bonds. The Hall–Kier alpha value is -3.84. The lowest BCUT2D eigenvalue weighted by Gasteiger charge is -2.11. The summed E-state index contributed by atoms with van der Waals surface area (Å²) in [5.41, 5.74) is 0.381. The third-order valence-electron chi connectivity index (χ3n) is 4.50. The zero-order valence-electron chi connectivity index (χ0n) is 15.6. The van der Waals surface area contributed by atoms with Crippen LogP contribution in [-0.4, -0.2) is 19.5 Å². The van der Waals surface area contributed by atoms with Gasteiger partial charge in [-0.3, -0.25) is 4.72 Å². The largest absolute Gasteiger partial charge is 0.478 e. The molecule has 150 valence electrons. The molecule has 0 aromatic heterocycles. The monoisotopic (exact) mass is 419 g/mol. The molecular weight excluding hydrogens is 402 g/mol. The van der Waals surface area contributed by atoms with Crippen LogP contribution in [0.25, 0.3) is 10.8 Å². The van der Waals surface area contributed by atoms with E-state index in [-0.39, 0.29) is 10.5 Å². The SMILES string of the molecule is O=C(O)c1ccc(S(=O)(=O)Nc2ccc(Oc3cccc4ccccc34)cc2)cc1. The van der Waals surface area contributed by atoms with Gasteiger partial charge in [-0.15, -0.1) is 0 Å². The van der Waals surface area contributed by atoms with Crippen LogP contribution in [0.2, 0.25) is 0 Å². The summed E-state index contributed by atoms with van der Waals surface area (Å²) in [5.74, 6) is 0.161. The third kappa shape index (κ3) is 4.11. The molecular formula is C23H17NO5S. The van der Waals surface area contributed by atoms with Crippen molar-refractivity contribution in [3.63, 3.8) is 0 Å². The fourth-order valence-electron chi connectivity index (χ4n) is 2.99. The Balaban J connectivity index is 1.51. The summed E-state index contributed by atoms with van der Waals surface area (Å²) >= 11 is 0. The van der Waals surface area contributed by atoms with Crippen LogP contribution >= 0.6 is 0 Å². The molecule has 6 nitrogen and oxygen atoms in total. The maximum atomic E-state index is 12.5. The van der Waals surface area contributed by atoms with Gasteiger partial charge in [-0.2, -0.15) is 0 Å². The van der Waals surface area contributed by atoms with E-state index in [4.69, 9.17) is 9.84 Å². The summed E-state index contributed by atoms with van der Waals surface area (Å²) < 4.78 is 33.5. The summed E-state index contributed by atoms with van der Waals surface area (Å²) in [4.78, 5) is 10.9. The zero-order valence-corrected chi connectivity index (χ0v) is 16.5. The van der Waals surface area contributed by atoms with E-state index in [1.807, 2.05) is 42.5 Å². The van der Waals surface area contributed by atoms with Crippen molar-refractivity contribution in [2.24, 2.45) is 0 Å². The van der Waals surface area contributed by atoms with Gasteiger partial charge in [0.1, 0.15) is 11.5 Å². The van der Waals surface area contributed by atoms with E-state index in [1.165, 1.54) is 24.3 Å². The van der Waals surface area contributed by atoms with E-state index in [2.05, 4.69) is 4.72 Å². The van der Waals surface area contributed by atoms with Crippen LogP contribution in [0, 0.1) is 0 Å². The van der Waals surface area contributed by atoms with Crippen molar-refractivity contribution in [2.45, 2.75) is 4.90 Å². The van der Waals surface area contributed by atoms with Crippen LogP contribution in [0.4, 0.5) is 5.69 Å². The molecule has 0 saturated heterocycles. The van der Waals surface area contributed by atoms with Gasteiger partial charge in [0.2, 0.25) is 0 Å². The molecule has 7 heteroatoms. The Labute approximate surface area is 173 Å². The lowest BCUT2D eigenvalue weighted by Crippen LogP contribution is -2.13. The van der Waals surface area contributed by atoms with Gasteiger partial charge in [0, 0.05) is 11.1 Å². The predicted octanol–water partition coefficient (Wildman–Crippen LogP) is 5.13. The van der Waals surface area contributed by atoms with Crippen molar-refractivity contribution < 1.29 is 23.1 Å². The number of carboxylic acids is 1. The Bertz CT molecular complexity index is 1310. The van der Waals surface area contributed by atoms with Crippen LogP contribution in [0.15, 0.2) is 95.9 Å². The highest BCUT2D eigenvalue weighted by Gasteiger charge is 2.15. The molecule has 0 bridgehead atoms. The van der Waals surface area contributed by atoms with E-state index in [1.54, 1.807) is 24.3 Å². The minimum absolute atomic E-state index is 0.0175. The number of hydrogen-bond acceptors (Lipinski definition) is 4. The highest BCUT2D eigenvalue weighted by molar-refractivity contribution is 7.92. The number of ether oxygens (including phenoxy) is 1. The zero-order chi connectivity index (χ0) is 21.1. The van der Waals surface area contributed by atoms with Crippen LogP contribution in [0.3, 0.4) is 0 Å². The highest BCUT2D eigenvalue weighted by Crippen LogP contribution is 2.30. The van der Waals surface area contributed by atoms with E-state index in [0.29, 0.717) is 17.2 Å². The minimum atomic E-state index is -3.84. The predicted molar refractivity (Wildman–Crippen MR) is 115 cm³/mol. The number of aromatic carboxylic acids is 1. The highest BCUT2D eigenvalue weighted by atomic mass is 32.2. The van der Waals surface area contributed by atoms with Crippen molar-refractivity contribution in [2.75, 3.05) is 4.72 Å². The number of rotatable bonds is 6. The second kappa shape index (κ2) is 7.88. The van der Waals surface area contributed by atoms with Crippen LogP contribution < -0.4 is 9.46 Å². The maximum absolute atomic E-state index is 12.5. The van der Waals surface area contributed by atoms with Crippen molar-refractivity contribution in [1.29, 1.82) is 0 Å². The van der Waals surface area contributed by atoms with E-state index < -0.39 is 16.0 Å². The number of carboxylic acid groups (broad SMARTS) is 1.